The standard InChI is InChI=1S/C34H37NO5/c1-3-32(36)40-29-15-17-31-26(23-29)12-16-30(25-8-7-9-28(22-25)38-2)33(31)34(37)24-10-13-27(14-11-24)39-21-20-35-18-5-4-6-19-35/h7-13,15-17,22-23,27H,3-6,14,18-21H2,1-2H3. The first-order valence-corrected chi connectivity index (χ1v) is 14.2. The number of piperidine rings is 1. The Hall–Kier alpha value is -3.74. The molecular formula is C34H37NO5. The number of carbonyl (C=O) groups is 2. The first-order valence-electron chi connectivity index (χ1n) is 14.2. The van der Waals surface area contributed by atoms with Gasteiger partial charge in [-0.2, -0.15) is 0 Å². The number of ketones is 1. The number of carbonyl (C=O) groups excluding carboxylic acids is 2. The number of rotatable bonds is 10. The molecule has 0 saturated carbocycles. The number of ether oxygens (including phenoxy) is 3. The zero-order valence-corrected chi connectivity index (χ0v) is 23.4. The van der Waals surface area contributed by atoms with Crippen molar-refractivity contribution < 1.29 is 23.8 Å². The number of benzene rings is 3. The molecule has 1 heterocycles. The van der Waals surface area contributed by atoms with Gasteiger partial charge in [-0.05, 0) is 84.6 Å². The number of fused-ring (bicyclic) bond motifs is 1. The predicted octanol–water partition coefficient (Wildman–Crippen LogP) is 6.77. The molecule has 1 atom stereocenters. The lowest BCUT2D eigenvalue weighted by molar-refractivity contribution is -0.134. The van der Waals surface area contributed by atoms with Crippen LogP contribution in [0, 0.1) is 0 Å². The van der Waals surface area contributed by atoms with E-state index in [-0.39, 0.29) is 17.9 Å². The zero-order chi connectivity index (χ0) is 27.9. The average Bonchev–Trinajstić information content (AvgIpc) is 3.01. The summed E-state index contributed by atoms with van der Waals surface area (Å²) in [6.07, 6.45) is 10.7. The largest absolute Gasteiger partial charge is 0.497 e. The number of hydrogen-bond donors (Lipinski definition) is 0. The Morgan fingerprint density at radius 2 is 1.82 bits per heavy atom. The van der Waals surface area contributed by atoms with Crippen LogP contribution in [0.4, 0.5) is 0 Å². The average molecular weight is 540 g/mol. The lowest BCUT2D eigenvalue weighted by Crippen LogP contribution is -2.33. The van der Waals surface area contributed by atoms with Crippen molar-refractivity contribution in [2.24, 2.45) is 0 Å². The molecule has 0 aromatic heterocycles. The fourth-order valence-electron chi connectivity index (χ4n) is 5.40. The van der Waals surface area contributed by atoms with Crippen LogP contribution in [0.2, 0.25) is 0 Å². The zero-order valence-electron chi connectivity index (χ0n) is 23.4. The van der Waals surface area contributed by atoms with Crippen LogP contribution < -0.4 is 9.47 Å². The highest BCUT2D eigenvalue weighted by molar-refractivity contribution is 6.21. The van der Waals surface area contributed by atoms with Gasteiger partial charge in [0.1, 0.15) is 11.5 Å². The van der Waals surface area contributed by atoms with Crippen molar-refractivity contribution in [1.29, 1.82) is 0 Å². The minimum absolute atomic E-state index is 0.0254. The van der Waals surface area contributed by atoms with E-state index in [9.17, 15) is 9.59 Å². The molecule has 1 fully saturated rings. The third-order valence-electron chi connectivity index (χ3n) is 7.63. The van der Waals surface area contributed by atoms with Crippen LogP contribution in [0.5, 0.6) is 11.5 Å². The van der Waals surface area contributed by atoms with Crippen LogP contribution in [0.15, 0.2) is 78.4 Å². The maximum Gasteiger partial charge on any atom is 0.310 e. The summed E-state index contributed by atoms with van der Waals surface area (Å²) in [7, 11) is 1.63. The number of esters is 1. The van der Waals surface area contributed by atoms with Crippen molar-refractivity contribution in [3.63, 3.8) is 0 Å². The Kier molecular flexibility index (Phi) is 9.09. The molecule has 0 amide bonds. The van der Waals surface area contributed by atoms with Gasteiger partial charge in [0.05, 0.1) is 19.8 Å². The van der Waals surface area contributed by atoms with E-state index in [1.807, 2.05) is 66.8 Å². The van der Waals surface area contributed by atoms with Crippen LogP contribution in [-0.2, 0) is 9.53 Å². The van der Waals surface area contributed by atoms with Gasteiger partial charge in [-0.3, -0.25) is 9.59 Å². The number of Topliss-reactive ketones (excluding diaryl/α,β-unsaturated/α-hetero) is 1. The van der Waals surface area contributed by atoms with Crippen LogP contribution >= 0.6 is 0 Å². The fraction of sp³-hybridized carbons (Fsp3) is 0.353. The maximum absolute atomic E-state index is 14.1. The lowest BCUT2D eigenvalue weighted by atomic mass is 9.87. The van der Waals surface area contributed by atoms with Crippen LogP contribution in [0.3, 0.4) is 0 Å². The summed E-state index contributed by atoms with van der Waals surface area (Å²) < 4.78 is 17.0. The van der Waals surface area contributed by atoms with Crippen molar-refractivity contribution in [1.82, 2.24) is 4.90 Å². The van der Waals surface area contributed by atoms with Crippen molar-refractivity contribution in [2.75, 3.05) is 33.4 Å². The molecule has 0 N–H and O–H groups in total. The van der Waals surface area contributed by atoms with E-state index in [0.717, 1.165) is 47.3 Å². The third kappa shape index (κ3) is 6.52. The molecule has 6 nitrogen and oxygen atoms in total. The van der Waals surface area contributed by atoms with E-state index >= 15 is 0 Å². The Bertz CT molecular complexity index is 1430. The smallest absolute Gasteiger partial charge is 0.310 e. The quantitative estimate of drug-likeness (QED) is 0.161. The number of likely N-dealkylation sites (tertiary alicyclic amines) is 1. The van der Waals surface area contributed by atoms with Crippen molar-refractivity contribution in [2.45, 2.75) is 45.1 Å². The van der Waals surface area contributed by atoms with Crippen molar-refractivity contribution >= 4 is 22.5 Å². The molecular weight excluding hydrogens is 502 g/mol. The van der Waals surface area contributed by atoms with Crippen molar-refractivity contribution in [3.05, 3.63) is 84.0 Å². The van der Waals surface area contributed by atoms with E-state index < -0.39 is 0 Å². The highest BCUT2D eigenvalue weighted by atomic mass is 16.5. The monoisotopic (exact) mass is 539 g/mol. The maximum atomic E-state index is 14.1. The second kappa shape index (κ2) is 13.1. The minimum atomic E-state index is -0.297. The first-order chi connectivity index (χ1) is 19.6. The van der Waals surface area contributed by atoms with Gasteiger partial charge in [-0.15, -0.1) is 0 Å². The van der Waals surface area contributed by atoms with E-state index in [1.54, 1.807) is 20.1 Å². The Morgan fingerprint density at radius 3 is 2.58 bits per heavy atom. The number of allylic oxidation sites excluding steroid dienone is 2. The van der Waals surface area contributed by atoms with Gasteiger partial charge in [0, 0.05) is 24.1 Å². The first kappa shape index (κ1) is 27.8. The molecule has 3 aromatic carbocycles. The molecule has 5 rings (SSSR count). The molecule has 6 heteroatoms. The summed E-state index contributed by atoms with van der Waals surface area (Å²) >= 11 is 0. The summed E-state index contributed by atoms with van der Waals surface area (Å²) in [5, 5.41) is 1.63. The van der Waals surface area contributed by atoms with Gasteiger partial charge in [0.15, 0.2) is 5.78 Å². The molecule has 40 heavy (non-hydrogen) atoms. The van der Waals surface area contributed by atoms with Gasteiger partial charge in [-0.1, -0.05) is 55.8 Å². The van der Waals surface area contributed by atoms with Gasteiger partial charge in [0.25, 0.3) is 0 Å². The molecule has 1 unspecified atom stereocenters. The van der Waals surface area contributed by atoms with E-state index in [2.05, 4.69) is 4.90 Å². The van der Waals surface area contributed by atoms with Gasteiger partial charge in [0.2, 0.25) is 0 Å². The fourth-order valence-corrected chi connectivity index (χ4v) is 5.40. The summed E-state index contributed by atoms with van der Waals surface area (Å²) in [6.45, 7) is 5.73. The number of methoxy groups -OCH3 is 1. The van der Waals surface area contributed by atoms with E-state index in [4.69, 9.17) is 14.2 Å². The van der Waals surface area contributed by atoms with Crippen molar-refractivity contribution in [3.8, 4) is 22.6 Å². The van der Waals surface area contributed by atoms with E-state index in [0.29, 0.717) is 36.3 Å². The molecule has 1 aliphatic carbocycles. The van der Waals surface area contributed by atoms with Crippen LogP contribution in [0.1, 0.15) is 49.4 Å². The molecule has 1 aliphatic heterocycles. The Balaban J connectivity index is 1.41. The summed E-state index contributed by atoms with van der Waals surface area (Å²) in [4.78, 5) is 28.4. The number of hydrogen-bond acceptors (Lipinski definition) is 6. The number of nitrogens with zero attached hydrogens (tertiary/aromatic N) is 1. The summed E-state index contributed by atoms with van der Waals surface area (Å²) in [5.41, 5.74) is 2.97. The second-order valence-corrected chi connectivity index (χ2v) is 10.3. The molecule has 0 radical (unpaired) electrons. The lowest BCUT2D eigenvalue weighted by Gasteiger charge is -2.27. The van der Waals surface area contributed by atoms with Gasteiger partial charge < -0.3 is 19.1 Å². The molecule has 208 valence electrons. The SMILES string of the molecule is CCC(=O)Oc1ccc2c(C(=O)C3=CCC(OCCN4CCCCC4)C=C3)c(-c3cccc(OC)c3)ccc2c1. The van der Waals surface area contributed by atoms with Gasteiger partial charge >= 0.3 is 5.97 Å². The van der Waals surface area contributed by atoms with E-state index in [1.165, 1.54) is 19.3 Å². The van der Waals surface area contributed by atoms with Crippen LogP contribution in [0.25, 0.3) is 21.9 Å². The molecule has 0 bridgehead atoms. The minimum Gasteiger partial charge on any atom is -0.497 e. The highest BCUT2D eigenvalue weighted by Gasteiger charge is 2.22. The molecule has 3 aromatic rings. The molecule has 0 spiro atoms. The highest BCUT2D eigenvalue weighted by Crippen LogP contribution is 2.36. The topological polar surface area (TPSA) is 65.1 Å². The molecule has 2 aliphatic rings. The summed E-state index contributed by atoms with van der Waals surface area (Å²) in [6, 6.07) is 17.1. The van der Waals surface area contributed by atoms with Gasteiger partial charge in [-0.25, -0.2) is 0 Å². The second-order valence-electron chi connectivity index (χ2n) is 10.3. The third-order valence-corrected chi connectivity index (χ3v) is 7.63. The van der Waals surface area contributed by atoms with Crippen LogP contribution in [-0.4, -0.2) is 56.1 Å². The normalized spacial score (nSPS) is 17.4. The Morgan fingerprint density at radius 1 is 0.975 bits per heavy atom. The Labute approximate surface area is 236 Å². The predicted molar refractivity (Wildman–Crippen MR) is 158 cm³/mol. The molecule has 1 saturated heterocycles. The summed E-state index contributed by atoms with van der Waals surface area (Å²) in [5.74, 6) is 0.839.